The smallest absolute Gasteiger partial charge is 0.101 e. The molecule has 1 aliphatic carbocycles. The lowest BCUT2D eigenvalue weighted by molar-refractivity contribution is 0.0581. The molecule has 0 spiro atoms. The molecule has 1 atom stereocenters. The average molecular weight is 362 g/mol. The van der Waals surface area contributed by atoms with Crippen LogP contribution in [0.2, 0.25) is 0 Å². The summed E-state index contributed by atoms with van der Waals surface area (Å²) in [5, 5.41) is 19.5. The number of aryl methyl sites for hydroxylation is 1. The van der Waals surface area contributed by atoms with Crippen molar-refractivity contribution in [2.24, 2.45) is 5.92 Å². The van der Waals surface area contributed by atoms with Crippen LogP contribution in [0.5, 0.6) is 0 Å². The van der Waals surface area contributed by atoms with E-state index in [2.05, 4.69) is 39.1 Å². The topological polar surface area (TPSA) is 67.1 Å². The van der Waals surface area contributed by atoms with Gasteiger partial charge in [0.15, 0.2) is 0 Å². The van der Waals surface area contributed by atoms with Crippen molar-refractivity contribution in [3.05, 3.63) is 28.0 Å². The largest absolute Gasteiger partial charge is 0.386 e. The molecule has 1 aliphatic heterocycles. The number of aromatic nitrogens is 4. The summed E-state index contributed by atoms with van der Waals surface area (Å²) in [6.45, 7) is 8.11. The van der Waals surface area contributed by atoms with Crippen molar-refractivity contribution in [2.45, 2.75) is 71.2 Å². The molecule has 1 fully saturated rings. The molecule has 4 rings (SSSR count). The minimum atomic E-state index is -0.389. The van der Waals surface area contributed by atoms with Gasteiger partial charge in [0.1, 0.15) is 6.10 Å². The van der Waals surface area contributed by atoms with E-state index < -0.39 is 0 Å². The molecule has 2 aromatic heterocycles. The Kier molecular flexibility index (Phi) is 4.88. The summed E-state index contributed by atoms with van der Waals surface area (Å²) in [6.07, 6.45) is 4.19. The van der Waals surface area contributed by atoms with E-state index in [0.29, 0.717) is 11.8 Å². The molecule has 0 aromatic carbocycles. The van der Waals surface area contributed by atoms with Gasteiger partial charge in [0, 0.05) is 26.2 Å². The Balaban J connectivity index is 1.48. The fourth-order valence-electron chi connectivity index (χ4n) is 3.79. The number of aliphatic hydroxyl groups excluding tert-OH is 1. The molecule has 7 heteroatoms. The van der Waals surface area contributed by atoms with Crippen molar-refractivity contribution in [3.63, 3.8) is 0 Å². The summed E-state index contributed by atoms with van der Waals surface area (Å²) < 4.78 is 6.26. The lowest BCUT2D eigenvalue weighted by Gasteiger charge is -2.29. The van der Waals surface area contributed by atoms with Crippen molar-refractivity contribution in [1.29, 1.82) is 0 Å². The highest BCUT2D eigenvalue weighted by atomic mass is 32.1. The standard InChI is InChI=1S/C18H27N5OS/c1-12(2)17-16(25-21-19-17)11-22-7-4-8-23-14(10-22)9-15(20-23)18(24)13-5-3-6-13/h9,12-13,18,24H,3-8,10-11H2,1-2H3/t18-/m1/s1. The van der Waals surface area contributed by atoms with Crippen LogP contribution in [0.4, 0.5) is 0 Å². The molecule has 2 aromatic rings. The predicted molar refractivity (Wildman–Crippen MR) is 97.3 cm³/mol. The van der Waals surface area contributed by atoms with Gasteiger partial charge in [-0.3, -0.25) is 9.58 Å². The highest BCUT2D eigenvalue weighted by Gasteiger charge is 2.30. The molecule has 3 heterocycles. The maximum absolute atomic E-state index is 10.5. The molecular weight excluding hydrogens is 334 g/mol. The molecule has 2 aliphatic rings. The van der Waals surface area contributed by atoms with Crippen molar-refractivity contribution >= 4 is 11.5 Å². The first-order valence-electron chi connectivity index (χ1n) is 9.40. The van der Waals surface area contributed by atoms with Crippen LogP contribution in [0, 0.1) is 5.92 Å². The van der Waals surface area contributed by atoms with Crippen molar-refractivity contribution in [3.8, 4) is 0 Å². The zero-order valence-electron chi connectivity index (χ0n) is 15.1. The normalized spacial score (nSPS) is 20.3. The molecule has 0 amide bonds. The minimum Gasteiger partial charge on any atom is -0.386 e. The van der Waals surface area contributed by atoms with Gasteiger partial charge in [0.25, 0.3) is 0 Å². The summed E-state index contributed by atoms with van der Waals surface area (Å²) >= 11 is 1.52. The van der Waals surface area contributed by atoms with E-state index in [0.717, 1.165) is 56.8 Å². The van der Waals surface area contributed by atoms with E-state index in [-0.39, 0.29) is 6.10 Å². The third-order valence-electron chi connectivity index (χ3n) is 5.51. The first-order chi connectivity index (χ1) is 12.1. The Hall–Kier alpha value is -1.31. The second kappa shape index (κ2) is 7.13. The van der Waals surface area contributed by atoms with Gasteiger partial charge in [-0.05, 0) is 48.7 Å². The Morgan fingerprint density at radius 2 is 2.12 bits per heavy atom. The van der Waals surface area contributed by atoms with Crippen molar-refractivity contribution in [2.75, 3.05) is 6.54 Å². The Bertz CT molecular complexity index is 721. The Morgan fingerprint density at radius 1 is 1.28 bits per heavy atom. The van der Waals surface area contributed by atoms with E-state index in [1.807, 2.05) is 0 Å². The number of aliphatic hydroxyl groups is 1. The molecule has 25 heavy (non-hydrogen) atoms. The van der Waals surface area contributed by atoms with Gasteiger partial charge in [-0.15, -0.1) is 5.10 Å². The van der Waals surface area contributed by atoms with E-state index in [1.165, 1.54) is 28.5 Å². The lowest BCUT2D eigenvalue weighted by Crippen LogP contribution is -2.23. The van der Waals surface area contributed by atoms with Crippen LogP contribution in [0.25, 0.3) is 0 Å². The van der Waals surface area contributed by atoms with Crippen LogP contribution in [0.1, 0.15) is 73.5 Å². The van der Waals surface area contributed by atoms with Gasteiger partial charge in [-0.2, -0.15) is 5.10 Å². The molecule has 136 valence electrons. The zero-order chi connectivity index (χ0) is 17.4. The number of hydrogen-bond donors (Lipinski definition) is 1. The number of nitrogens with zero attached hydrogens (tertiary/aromatic N) is 5. The van der Waals surface area contributed by atoms with Crippen LogP contribution in [-0.4, -0.2) is 35.9 Å². The van der Waals surface area contributed by atoms with Gasteiger partial charge in [0.05, 0.1) is 22.0 Å². The first kappa shape index (κ1) is 17.1. The molecule has 1 N–H and O–H groups in total. The lowest BCUT2D eigenvalue weighted by atomic mass is 9.80. The van der Waals surface area contributed by atoms with Gasteiger partial charge in [0.2, 0.25) is 0 Å². The van der Waals surface area contributed by atoms with Crippen LogP contribution in [0.15, 0.2) is 6.07 Å². The molecule has 0 unspecified atom stereocenters. The second-order valence-electron chi connectivity index (χ2n) is 7.72. The predicted octanol–water partition coefficient (Wildman–Crippen LogP) is 3.10. The average Bonchev–Trinajstić information content (AvgIpc) is 3.09. The van der Waals surface area contributed by atoms with Crippen LogP contribution < -0.4 is 0 Å². The minimum absolute atomic E-state index is 0.389. The van der Waals surface area contributed by atoms with E-state index in [1.54, 1.807) is 0 Å². The van der Waals surface area contributed by atoms with Crippen LogP contribution in [-0.2, 0) is 19.6 Å². The number of rotatable bonds is 5. The summed E-state index contributed by atoms with van der Waals surface area (Å²) in [5.41, 5.74) is 3.21. The highest BCUT2D eigenvalue weighted by Crippen LogP contribution is 2.37. The maximum atomic E-state index is 10.5. The highest BCUT2D eigenvalue weighted by molar-refractivity contribution is 7.05. The van der Waals surface area contributed by atoms with E-state index in [9.17, 15) is 5.11 Å². The van der Waals surface area contributed by atoms with Gasteiger partial charge in [-0.25, -0.2) is 0 Å². The summed E-state index contributed by atoms with van der Waals surface area (Å²) in [4.78, 5) is 3.74. The first-order valence-corrected chi connectivity index (χ1v) is 10.2. The molecule has 1 saturated carbocycles. The molecule has 0 saturated heterocycles. The molecular formula is C18H27N5OS. The Labute approximate surface area is 153 Å². The van der Waals surface area contributed by atoms with Gasteiger partial charge in [-0.1, -0.05) is 24.8 Å². The number of hydrogen-bond acceptors (Lipinski definition) is 6. The van der Waals surface area contributed by atoms with E-state index >= 15 is 0 Å². The third kappa shape index (κ3) is 3.50. The van der Waals surface area contributed by atoms with Crippen molar-refractivity contribution < 1.29 is 5.11 Å². The zero-order valence-corrected chi connectivity index (χ0v) is 15.9. The summed E-state index contributed by atoms with van der Waals surface area (Å²) in [5.74, 6) is 0.822. The molecule has 6 nitrogen and oxygen atoms in total. The summed E-state index contributed by atoms with van der Waals surface area (Å²) in [7, 11) is 0. The number of fused-ring (bicyclic) bond motifs is 1. The van der Waals surface area contributed by atoms with Gasteiger partial charge >= 0.3 is 0 Å². The van der Waals surface area contributed by atoms with Gasteiger partial charge < -0.3 is 5.11 Å². The third-order valence-corrected chi connectivity index (χ3v) is 6.23. The Morgan fingerprint density at radius 3 is 2.84 bits per heavy atom. The monoisotopic (exact) mass is 361 g/mol. The maximum Gasteiger partial charge on any atom is 0.101 e. The fraction of sp³-hybridized carbons (Fsp3) is 0.722. The van der Waals surface area contributed by atoms with Crippen LogP contribution >= 0.6 is 11.5 Å². The fourth-order valence-corrected chi connectivity index (χ4v) is 4.63. The molecule has 0 bridgehead atoms. The summed E-state index contributed by atoms with van der Waals surface area (Å²) in [6, 6.07) is 2.12. The van der Waals surface area contributed by atoms with Crippen molar-refractivity contribution in [1.82, 2.24) is 24.3 Å². The SMILES string of the molecule is CC(C)c1nnsc1CN1CCCn2nc([C@H](O)C3CCC3)cc2C1. The quantitative estimate of drug-likeness (QED) is 0.886. The second-order valence-corrected chi connectivity index (χ2v) is 8.56. The molecule has 0 radical (unpaired) electrons. The van der Waals surface area contributed by atoms with E-state index in [4.69, 9.17) is 5.10 Å². The van der Waals surface area contributed by atoms with Crippen LogP contribution in [0.3, 0.4) is 0 Å².